The Morgan fingerprint density at radius 2 is 1.56 bits per heavy atom. The molecule has 1 rings (SSSR count). The average molecular weight is 127 g/mol. The Morgan fingerprint density at radius 1 is 1.11 bits per heavy atom. The van der Waals surface area contributed by atoms with Gasteiger partial charge in [0.1, 0.15) is 13.1 Å². The molecule has 0 unspecified atom stereocenters. The fourth-order valence-electron chi connectivity index (χ4n) is 0.463. The van der Waals surface area contributed by atoms with E-state index in [1.807, 2.05) is 0 Å². The van der Waals surface area contributed by atoms with Crippen LogP contribution in [0.4, 0.5) is 0 Å². The molecule has 1 N–H and O–H groups in total. The van der Waals surface area contributed by atoms with Gasteiger partial charge in [-0.3, -0.25) is 14.9 Å². The van der Waals surface area contributed by atoms with E-state index < -0.39 is 0 Å². The number of carbonyl (C=O) groups excluding carboxylic acids is 2. The van der Waals surface area contributed by atoms with E-state index in [1.54, 1.807) is 0 Å². The summed E-state index contributed by atoms with van der Waals surface area (Å²) in [6.07, 6.45) is 0. The van der Waals surface area contributed by atoms with Crippen LogP contribution in [0, 0.1) is 0 Å². The first-order chi connectivity index (χ1) is 4.29. The molecule has 0 spiro atoms. The average Bonchev–Trinajstić information content (AvgIpc) is 1.93. The molecular formula is C4H5N3O2. The maximum absolute atomic E-state index is 10.4. The number of imide groups is 1. The summed E-state index contributed by atoms with van der Waals surface area (Å²) >= 11 is 0. The molecule has 0 bridgehead atoms. The fraction of sp³-hybridized carbons (Fsp3) is 0.500. The van der Waals surface area contributed by atoms with E-state index in [4.69, 9.17) is 0 Å². The molecule has 2 amide bonds. The summed E-state index contributed by atoms with van der Waals surface area (Å²) in [7, 11) is 0. The van der Waals surface area contributed by atoms with Gasteiger partial charge in [0.2, 0.25) is 11.8 Å². The summed E-state index contributed by atoms with van der Waals surface area (Å²) in [6.45, 7) is -0.0719. The van der Waals surface area contributed by atoms with Crippen LogP contribution in [-0.2, 0) is 9.59 Å². The number of hydrogen-bond acceptors (Lipinski definition) is 4. The smallest absolute Gasteiger partial charge is 0.250 e. The molecule has 5 heteroatoms. The van der Waals surface area contributed by atoms with Crippen LogP contribution in [0.3, 0.4) is 0 Å². The summed E-state index contributed by atoms with van der Waals surface area (Å²) in [5.74, 6) is -0.775. The topological polar surface area (TPSA) is 70.9 Å². The van der Waals surface area contributed by atoms with Crippen LogP contribution in [0.25, 0.3) is 0 Å². The van der Waals surface area contributed by atoms with Crippen LogP contribution in [-0.4, -0.2) is 24.9 Å². The number of nitrogens with one attached hydrogen (secondary N) is 1. The first-order valence-electron chi connectivity index (χ1n) is 2.45. The van der Waals surface area contributed by atoms with Gasteiger partial charge in [-0.15, -0.1) is 0 Å². The first-order valence-corrected chi connectivity index (χ1v) is 2.45. The zero-order valence-electron chi connectivity index (χ0n) is 4.63. The molecule has 0 aliphatic carbocycles. The van der Waals surface area contributed by atoms with Gasteiger partial charge in [-0.25, -0.2) is 0 Å². The zero-order valence-corrected chi connectivity index (χ0v) is 4.63. The van der Waals surface area contributed by atoms with Crippen LogP contribution in [0.1, 0.15) is 0 Å². The van der Waals surface area contributed by atoms with Crippen LogP contribution in [0.15, 0.2) is 10.2 Å². The molecule has 0 radical (unpaired) electrons. The molecule has 0 aromatic rings. The summed E-state index contributed by atoms with van der Waals surface area (Å²) in [5, 5.41) is 8.87. The van der Waals surface area contributed by atoms with Crippen LogP contribution in [0.5, 0.6) is 0 Å². The lowest BCUT2D eigenvalue weighted by molar-refractivity contribution is -0.128. The van der Waals surface area contributed by atoms with Crippen molar-refractivity contribution in [1.82, 2.24) is 5.32 Å². The van der Waals surface area contributed by atoms with Gasteiger partial charge in [0.05, 0.1) is 0 Å². The third kappa shape index (κ3) is 1.60. The maximum Gasteiger partial charge on any atom is 0.250 e. The number of azo groups is 1. The molecule has 1 heterocycles. The van der Waals surface area contributed by atoms with E-state index in [2.05, 4.69) is 15.5 Å². The first kappa shape index (κ1) is 5.87. The molecule has 0 aromatic carbocycles. The number of nitrogens with zero attached hydrogens (tertiary/aromatic N) is 2. The van der Waals surface area contributed by atoms with Gasteiger partial charge in [-0.2, -0.15) is 10.2 Å². The quantitative estimate of drug-likeness (QED) is 0.428. The summed E-state index contributed by atoms with van der Waals surface area (Å²) in [6, 6.07) is 0. The van der Waals surface area contributed by atoms with Crippen molar-refractivity contribution in [3.8, 4) is 0 Å². The summed E-state index contributed by atoms with van der Waals surface area (Å²) in [5.41, 5.74) is 0. The monoisotopic (exact) mass is 127 g/mol. The van der Waals surface area contributed by atoms with Gasteiger partial charge in [-0.1, -0.05) is 0 Å². The Labute approximate surface area is 51.1 Å². The second-order valence-electron chi connectivity index (χ2n) is 1.57. The zero-order chi connectivity index (χ0) is 6.69. The van der Waals surface area contributed by atoms with E-state index in [1.165, 1.54) is 0 Å². The standard InChI is InChI=1S/C4H5N3O2/c8-3-1-5-6-2-4(9)7-3/h1-2H2,(H,7,8,9). The van der Waals surface area contributed by atoms with Gasteiger partial charge in [-0.05, 0) is 0 Å². The molecule has 1 aliphatic heterocycles. The van der Waals surface area contributed by atoms with Crippen molar-refractivity contribution in [2.75, 3.05) is 13.1 Å². The van der Waals surface area contributed by atoms with Crippen LogP contribution < -0.4 is 5.32 Å². The number of amides is 2. The van der Waals surface area contributed by atoms with Gasteiger partial charge in [0, 0.05) is 0 Å². The van der Waals surface area contributed by atoms with E-state index in [0.717, 1.165) is 0 Å². The highest BCUT2D eigenvalue weighted by atomic mass is 16.2. The van der Waals surface area contributed by atoms with Crippen molar-refractivity contribution < 1.29 is 9.59 Å². The van der Waals surface area contributed by atoms with E-state index in [-0.39, 0.29) is 24.9 Å². The number of rotatable bonds is 0. The van der Waals surface area contributed by atoms with Gasteiger partial charge in [0.25, 0.3) is 0 Å². The number of carbonyl (C=O) groups is 2. The van der Waals surface area contributed by atoms with Crippen molar-refractivity contribution in [3.63, 3.8) is 0 Å². The second kappa shape index (κ2) is 2.34. The van der Waals surface area contributed by atoms with Crippen molar-refractivity contribution in [2.45, 2.75) is 0 Å². The molecule has 9 heavy (non-hydrogen) atoms. The van der Waals surface area contributed by atoms with Gasteiger partial charge < -0.3 is 0 Å². The largest absolute Gasteiger partial charge is 0.293 e. The maximum atomic E-state index is 10.4. The van der Waals surface area contributed by atoms with Gasteiger partial charge in [0.15, 0.2) is 0 Å². The highest BCUT2D eigenvalue weighted by Gasteiger charge is 2.08. The minimum Gasteiger partial charge on any atom is -0.293 e. The van der Waals surface area contributed by atoms with Crippen LogP contribution >= 0.6 is 0 Å². The Morgan fingerprint density at radius 3 is 2.00 bits per heavy atom. The van der Waals surface area contributed by atoms with E-state index >= 15 is 0 Å². The molecule has 5 nitrogen and oxygen atoms in total. The lowest BCUT2D eigenvalue weighted by atomic mass is 10.5. The Hall–Kier alpha value is -1.26. The third-order valence-electron chi connectivity index (χ3n) is 0.807. The second-order valence-corrected chi connectivity index (χ2v) is 1.57. The molecule has 1 aliphatic rings. The fourth-order valence-corrected chi connectivity index (χ4v) is 0.463. The molecular weight excluding hydrogens is 122 g/mol. The normalized spacial score (nSPS) is 19.1. The predicted molar refractivity (Wildman–Crippen MR) is 27.7 cm³/mol. The third-order valence-corrected chi connectivity index (χ3v) is 0.807. The predicted octanol–water partition coefficient (Wildman–Crippen LogP) is -0.905. The summed E-state index contributed by atoms with van der Waals surface area (Å²) < 4.78 is 0. The van der Waals surface area contributed by atoms with Crippen molar-refractivity contribution in [3.05, 3.63) is 0 Å². The Bertz CT molecular complexity index is 157. The van der Waals surface area contributed by atoms with E-state index in [9.17, 15) is 9.59 Å². The minimum absolute atomic E-state index is 0.0360. The lowest BCUT2D eigenvalue weighted by Crippen LogP contribution is -2.31. The highest BCUT2D eigenvalue weighted by molar-refractivity contribution is 5.97. The highest BCUT2D eigenvalue weighted by Crippen LogP contribution is 1.83. The molecule has 0 atom stereocenters. The number of hydrogen-bond donors (Lipinski definition) is 1. The molecule has 0 saturated heterocycles. The Balaban J connectivity index is 2.60. The van der Waals surface area contributed by atoms with Crippen molar-refractivity contribution in [1.29, 1.82) is 0 Å². The summed E-state index contributed by atoms with van der Waals surface area (Å²) in [4.78, 5) is 20.8. The van der Waals surface area contributed by atoms with Gasteiger partial charge >= 0.3 is 0 Å². The van der Waals surface area contributed by atoms with Crippen molar-refractivity contribution >= 4 is 11.8 Å². The molecule has 0 aromatic heterocycles. The molecule has 48 valence electrons. The lowest BCUT2D eigenvalue weighted by Gasteiger charge is -1.91. The van der Waals surface area contributed by atoms with E-state index in [0.29, 0.717) is 0 Å². The molecule has 0 fully saturated rings. The SMILES string of the molecule is O=C1CN=NCC(=O)N1. The van der Waals surface area contributed by atoms with Crippen molar-refractivity contribution in [2.24, 2.45) is 10.2 Å². The Kier molecular flexibility index (Phi) is 1.53. The molecule has 0 saturated carbocycles. The minimum atomic E-state index is -0.388. The van der Waals surface area contributed by atoms with Crippen LogP contribution in [0.2, 0.25) is 0 Å².